The minimum atomic E-state index is -0.326. The van der Waals surface area contributed by atoms with Crippen LogP contribution in [0.25, 0.3) is 0 Å². The fraction of sp³-hybridized carbons (Fsp3) is 0.111. The Hall–Kier alpha value is -3.12. The average Bonchev–Trinajstić information content (AvgIpc) is 3.04. The molecule has 2 aromatic rings. The van der Waals surface area contributed by atoms with Crippen LogP contribution < -0.4 is 21.5 Å². The Kier molecular flexibility index (Phi) is 4.31. The van der Waals surface area contributed by atoms with Crippen LogP contribution in [0.2, 0.25) is 0 Å². The maximum Gasteiger partial charge on any atom is 0.251 e. The molecule has 0 fully saturated rings. The molecule has 6 heteroatoms. The van der Waals surface area contributed by atoms with E-state index in [-0.39, 0.29) is 17.9 Å². The second-order valence-corrected chi connectivity index (χ2v) is 5.41. The number of carbonyl (C=O) groups excluding carboxylic acids is 2. The van der Waals surface area contributed by atoms with Crippen LogP contribution >= 0.6 is 0 Å². The van der Waals surface area contributed by atoms with Crippen molar-refractivity contribution >= 4 is 23.2 Å². The van der Waals surface area contributed by atoms with E-state index in [2.05, 4.69) is 28.1 Å². The first-order valence-electron chi connectivity index (χ1n) is 7.53. The second-order valence-electron chi connectivity index (χ2n) is 5.41. The largest absolute Gasteiger partial charge is 0.355 e. The maximum absolute atomic E-state index is 12.1. The average molecular weight is 322 g/mol. The van der Waals surface area contributed by atoms with Crippen molar-refractivity contribution in [3.63, 3.8) is 0 Å². The number of para-hydroxylation sites is 1. The molecule has 0 saturated carbocycles. The van der Waals surface area contributed by atoms with Crippen LogP contribution in [0.1, 0.15) is 27.5 Å². The van der Waals surface area contributed by atoms with Crippen molar-refractivity contribution in [1.82, 2.24) is 10.7 Å². The van der Waals surface area contributed by atoms with Crippen molar-refractivity contribution in [3.05, 3.63) is 71.8 Å². The summed E-state index contributed by atoms with van der Waals surface area (Å²) < 4.78 is 0. The first-order chi connectivity index (χ1) is 11.6. The molecule has 0 bridgehead atoms. The molecule has 122 valence electrons. The van der Waals surface area contributed by atoms with Crippen molar-refractivity contribution in [2.45, 2.75) is 6.04 Å². The topological polar surface area (TPSA) is 82.3 Å². The van der Waals surface area contributed by atoms with Crippen LogP contribution in [0.3, 0.4) is 0 Å². The molecule has 4 N–H and O–H groups in total. The third-order valence-corrected chi connectivity index (χ3v) is 3.85. The Labute approximate surface area is 139 Å². The monoisotopic (exact) mass is 322 g/mol. The molecule has 1 aliphatic heterocycles. The van der Waals surface area contributed by atoms with E-state index in [4.69, 9.17) is 0 Å². The first-order valence-corrected chi connectivity index (χ1v) is 7.53. The van der Waals surface area contributed by atoms with Gasteiger partial charge in [-0.1, -0.05) is 24.8 Å². The molecule has 0 aromatic heterocycles. The Morgan fingerprint density at radius 3 is 2.75 bits per heavy atom. The van der Waals surface area contributed by atoms with Gasteiger partial charge in [-0.05, 0) is 41.5 Å². The van der Waals surface area contributed by atoms with Crippen molar-refractivity contribution < 1.29 is 9.59 Å². The van der Waals surface area contributed by atoms with Gasteiger partial charge in [0.2, 0.25) is 5.91 Å². The SMILES string of the molecule is C=CC(=O)Nc1cc(C(=O)NC)cc(C2NNc3ccccc32)c1. The molecule has 0 saturated heterocycles. The minimum Gasteiger partial charge on any atom is -0.355 e. The molecule has 0 aliphatic carbocycles. The Morgan fingerprint density at radius 1 is 1.21 bits per heavy atom. The Morgan fingerprint density at radius 2 is 2.00 bits per heavy atom. The lowest BCUT2D eigenvalue weighted by Crippen LogP contribution is -2.22. The van der Waals surface area contributed by atoms with Crippen molar-refractivity contribution in [1.29, 1.82) is 0 Å². The van der Waals surface area contributed by atoms with E-state index in [0.29, 0.717) is 11.3 Å². The number of carbonyl (C=O) groups is 2. The fourth-order valence-corrected chi connectivity index (χ4v) is 2.71. The number of hydrogen-bond donors (Lipinski definition) is 4. The lowest BCUT2D eigenvalue weighted by molar-refractivity contribution is -0.111. The summed E-state index contributed by atoms with van der Waals surface area (Å²) in [5.41, 5.74) is 10.3. The number of amides is 2. The van der Waals surface area contributed by atoms with Gasteiger partial charge >= 0.3 is 0 Å². The number of benzene rings is 2. The van der Waals surface area contributed by atoms with Gasteiger partial charge in [-0.15, -0.1) is 0 Å². The summed E-state index contributed by atoms with van der Waals surface area (Å²) in [7, 11) is 1.57. The highest BCUT2D eigenvalue weighted by Crippen LogP contribution is 2.34. The molecule has 24 heavy (non-hydrogen) atoms. The van der Waals surface area contributed by atoms with Gasteiger partial charge < -0.3 is 16.1 Å². The number of anilines is 2. The summed E-state index contributed by atoms with van der Waals surface area (Å²) in [4.78, 5) is 23.7. The summed E-state index contributed by atoms with van der Waals surface area (Å²) in [5, 5.41) is 5.32. The van der Waals surface area contributed by atoms with E-state index in [0.717, 1.165) is 16.8 Å². The minimum absolute atomic E-state index is 0.120. The zero-order valence-corrected chi connectivity index (χ0v) is 13.2. The van der Waals surface area contributed by atoms with E-state index >= 15 is 0 Å². The van der Waals surface area contributed by atoms with Crippen molar-refractivity contribution in [2.24, 2.45) is 0 Å². The molecule has 0 spiro atoms. The van der Waals surface area contributed by atoms with Gasteiger partial charge in [0, 0.05) is 18.3 Å². The highest BCUT2D eigenvalue weighted by atomic mass is 16.2. The van der Waals surface area contributed by atoms with Crippen LogP contribution in [-0.2, 0) is 4.79 Å². The lowest BCUT2D eigenvalue weighted by Gasteiger charge is -2.15. The van der Waals surface area contributed by atoms with Gasteiger partial charge in [0.25, 0.3) is 5.91 Å². The number of rotatable bonds is 4. The van der Waals surface area contributed by atoms with Crippen LogP contribution in [-0.4, -0.2) is 18.9 Å². The van der Waals surface area contributed by atoms with Gasteiger partial charge in [-0.25, -0.2) is 5.43 Å². The lowest BCUT2D eigenvalue weighted by atomic mass is 9.96. The van der Waals surface area contributed by atoms with E-state index in [1.807, 2.05) is 36.4 Å². The first kappa shape index (κ1) is 15.8. The molecule has 3 rings (SSSR count). The predicted octanol–water partition coefficient (Wildman–Crippen LogP) is 2.19. The summed E-state index contributed by atoms with van der Waals surface area (Å²) in [6, 6.07) is 13.1. The molecule has 1 unspecified atom stereocenters. The third kappa shape index (κ3) is 3.00. The fourth-order valence-electron chi connectivity index (χ4n) is 2.71. The number of hydrazine groups is 1. The standard InChI is InChI=1S/C18H18N4O2/c1-3-16(23)20-13-9-11(8-12(10-13)18(24)19-2)17-14-6-4-5-7-15(14)21-22-17/h3-10,17,21-22H,1H2,2H3,(H,19,24)(H,20,23). The summed E-state index contributed by atoms with van der Waals surface area (Å²) in [6.07, 6.45) is 1.19. The normalized spacial score (nSPS) is 15.1. The van der Waals surface area contributed by atoms with Gasteiger partial charge in [0.1, 0.15) is 0 Å². The van der Waals surface area contributed by atoms with Crippen molar-refractivity contribution in [2.75, 3.05) is 17.8 Å². The molecule has 0 radical (unpaired) electrons. The number of hydrogen-bond acceptors (Lipinski definition) is 4. The smallest absolute Gasteiger partial charge is 0.251 e. The van der Waals surface area contributed by atoms with Crippen LogP contribution in [0.15, 0.2) is 55.1 Å². The van der Waals surface area contributed by atoms with E-state index in [9.17, 15) is 9.59 Å². The molecular weight excluding hydrogens is 304 g/mol. The van der Waals surface area contributed by atoms with E-state index in [1.165, 1.54) is 6.08 Å². The summed E-state index contributed by atoms with van der Waals surface area (Å²) in [6.45, 7) is 3.45. The maximum atomic E-state index is 12.1. The summed E-state index contributed by atoms with van der Waals surface area (Å²) >= 11 is 0. The molecule has 2 amide bonds. The van der Waals surface area contributed by atoms with Crippen LogP contribution in [0.4, 0.5) is 11.4 Å². The number of nitrogens with one attached hydrogen (secondary N) is 4. The molecule has 2 aromatic carbocycles. The molecular formula is C18H18N4O2. The Balaban J connectivity index is 2.04. The zero-order chi connectivity index (χ0) is 17.1. The van der Waals surface area contributed by atoms with E-state index in [1.54, 1.807) is 13.1 Å². The molecule has 1 aliphatic rings. The molecule has 1 atom stereocenters. The third-order valence-electron chi connectivity index (χ3n) is 3.85. The van der Waals surface area contributed by atoms with Gasteiger partial charge in [-0.2, -0.15) is 0 Å². The molecule has 1 heterocycles. The number of fused-ring (bicyclic) bond motifs is 1. The second kappa shape index (κ2) is 6.55. The Bertz CT molecular complexity index is 816. The van der Waals surface area contributed by atoms with Crippen LogP contribution in [0.5, 0.6) is 0 Å². The highest BCUT2D eigenvalue weighted by molar-refractivity contribution is 6.01. The summed E-state index contributed by atoms with van der Waals surface area (Å²) in [5.74, 6) is -0.543. The zero-order valence-electron chi connectivity index (χ0n) is 13.2. The highest BCUT2D eigenvalue weighted by Gasteiger charge is 2.24. The van der Waals surface area contributed by atoms with Crippen LogP contribution in [0, 0.1) is 0 Å². The van der Waals surface area contributed by atoms with Crippen molar-refractivity contribution in [3.8, 4) is 0 Å². The van der Waals surface area contributed by atoms with Gasteiger partial charge in [0.05, 0.1) is 11.7 Å². The van der Waals surface area contributed by atoms with Gasteiger partial charge in [-0.3, -0.25) is 9.59 Å². The quantitative estimate of drug-likeness (QED) is 0.650. The van der Waals surface area contributed by atoms with Gasteiger partial charge in [0.15, 0.2) is 0 Å². The predicted molar refractivity (Wildman–Crippen MR) is 93.7 cm³/mol. The van der Waals surface area contributed by atoms with E-state index < -0.39 is 0 Å². The molecule has 6 nitrogen and oxygen atoms in total.